The molecule has 4 N–H and O–H groups in total. The SMILES string of the molecule is CCC(CC(N)=NO)NCCOC(C)C. The highest BCUT2D eigenvalue weighted by atomic mass is 16.5. The maximum absolute atomic E-state index is 8.43. The van der Waals surface area contributed by atoms with Crippen LogP contribution in [0.3, 0.4) is 0 Å². The van der Waals surface area contributed by atoms with Gasteiger partial charge >= 0.3 is 0 Å². The topological polar surface area (TPSA) is 79.9 Å². The van der Waals surface area contributed by atoms with Crippen LogP contribution in [0.15, 0.2) is 5.16 Å². The second-order valence-electron chi connectivity index (χ2n) is 3.77. The molecule has 0 aliphatic heterocycles. The third-order valence-corrected chi connectivity index (χ3v) is 2.06. The monoisotopic (exact) mass is 217 g/mol. The Balaban J connectivity index is 3.62. The summed E-state index contributed by atoms with van der Waals surface area (Å²) < 4.78 is 5.39. The number of hydrogen-bond acceptors (Lipinski definition) is 4. The lowest BCUT2D eigenvalue weighted by molar-refractivity contribution is 0.0793. The van der Waals surface area contributed by atoms with Crippen molar-refractivity contribution in [1.29, 1.82) is 0 Å². The van der Waals surface area contributed by atoms with Gasteiger partial charge in [0.25, 0.3) is 0 Å². The number of oxime groups is 1. The molecule has 0 fully saturated rings. The van der Waals surface area contributed by atoms with Gasteiger partial charge in [0.05, 0.1) is 12.7 Å². The Bertz CT molecular complexity index is 184. The Morgan fingerprint density at radius 3 is 2.67 bits per heavy atom. The summed E-state index contributed by atoms with van der Waals surface area (Å²) in [4.78, 5) is 0. The van der Waals surface area contributed by atoms with Crippen molar-refractivity contribution in [2.45, 2.75) is 45.8 Å². The molecule has 0 aromatic carbocycles. The van der Waals surface area contributed by atoms with Crippen molar-refractivity contribution in [2.75, 3.05) is 13.2 Å². The highest BCUT2D eigenvalue weighted by Gasteiger charge is 2.07. The molecule has 0 aromatic rings. The van der Waals surface area contributed by atoms with Gasteiger partial charge in [-0.2, -0.15) is 0 Å². The molecule has 0 rings (SSSR count). The predicted molar refractivity (Wildman–Crippen MR) is 61.2 cm³/mol. The predicted octanol–water partition coefficient (Wildman–Crippen LogP) is 0.916. The smallest absolute Gasteiger partial charge is 0.140 e. The summed E-state index contributed by atoms with van der Waals surface area (Å²) in [6.45, 7) is 7.55. The van der Waals surface area contributed by atoms with Crippen LogP contribution in [-0.2, 0) is 4.74 Å². The summed E-state index contributed by atoms with van der Waals surface area (Å²) in [5.41, 5.74) is 5.43. The maximum Gasteiger partial charge on any atom is 0.140 e. The quantitative estimate of drug-likeness (QED) is 0.186. The van der Waals surface area contributed by atoms with E-state index in [2.05, 4.69) is 17.4 Å². The number of nitrogens with one attached hydrogen (secondary N) is 1. The average molecular weight is 217 g/mol. The molecule has 0 bridgehead atoms. The average Bonchev–Trinajstić information content (AvgIpc) is 2.21. The highest BCUT2D eigenvalue weighted by Crippen LogP contribution is 1.97. The molecule has 1 atom stereocenters. The molecule has 0 heterocycles. The first-order valence-electron chi connectivity index (χ1n) is 5.41. The van der Waals surface area contributed by atoms with Crippen molar-refractivity contribution < 1.29 is 9.94 Å². The first-order valence-corrected chi connectivity index (χ1v) is 5.41. The van der Waals surface area contributed by atoms with Crippen molar-refractivity contribution in [2.24, 2.45) is 10.9 Å². The van der Waals surface area contributed by atoms with Gasteiger partial charge in [-0.25, -0.2) is 0 Å². The van der Waals surface area contributed by atoms with Crippen molar-refractivity contribution in [3.8, 4) is 0 Å². The lowest BCUT2D eigenvalue weighted by atomic mass is 10.1. The molecule has 0 aromatic heterocycles. The molecule has 15 heavy (non-hydrogen) atoms. The van der Waals surface area contributed by atoms with Crippen molar-refractivity contribution in [1.82, 2.24) is 5.32 Å². The van der Waals surface area contributed by atoms with Crippen molar-refractivity contribution >= 4 is 5.84 Å². The molecule has 0 spiro atoms. The Labute approximate surface area is 91.7 Å². The summed E-state index contributed by atoms with van der Waals surface area (Å²) in [6.07, 6.45) is 1.77. The maximum atomic E-state index is 8.43. The van der Waals surface area contributed by atoms with Gasteiger partial charge in [0.2, 0.25) is 0 Å². The van der Waals surface area contributed by atoms with Crippen LogP contribution in [-0.4, -0.2) is 36.3 Å². The van der Waals surface area contributed by atoms with E-state index in [1.807, 2.05) is 13.8 Å². The van der Waals surface area contributed by atoms with Gasteiger partial charge < -0.3 is 21.0 Å². The normalized spacial score (nSPS) is 14.5. The molecular weight excluding hydrogens is 194 g/mol. The number of ether oxygens (including phenoxy) is 1. The number of nitrogens with two attached hydrogens (primary N) is 1. The van der Waals surface area contributed by atoms with E-state index in [-0.39, 0.29) is 18.0 Å². The first-order chi connectivity index (χ1) is 7.10. The minimum absolute atomic E-state index is 0.247. The Morgan fingerprint density at radius 2 is 2.20 bits per heavy atom. The molecule has 0 aliphatic rings. The van der Waals surface area contributed by atoms with Gasteiger partial charge in [0.15, 0.2) is 0 Å². The zero-order valence-electron chi connectivity index (χ0n) is 9.86. The number of amidine groups is 1. The van der Waals surface area contributed by atoms with Crippen LogP contribution in [0, 0.1) is 0 Å². The van der Waals surface area contributed by atoms with E-state index in [1.165, 1.54) is 0 Å². The summed E-state index contributed by atoms with van der Waals surface area (Å²) in [5, 5.41) is 14.7. The van der Waals surface area contributed by atoms with E-state index >= 15 is 0 Å². The van der Waals surface area contributed by atoms with Gasteiger partial charge in [0.1, 0.15) is 5.84 Å². The summed E-state index contributed by atoms with van der Waals surface area (Å²) in [5.74, 6) is 0.263. The Morgan fingerprint density at radius 1 is 1.53 bits per heavy atom. The van der Waals surface area contributed by atoms with Crippen molar-refractivity contribution in [3.05, 3.63) is 0 Å². The molecule has 0 aliphatic carbocycles. The zero-order chi connectivity index (χ0) is 11.7. The summed E-state index contributed by atoms with van der Waals surface area (Å²) in [7, 11) is 0. The molecule has 5 heteroatoms. The molecule has 0 amide bonds. The fraction of sp³-hybridized carbons (Fsp3) is 0.900. The second-order valence-corrected chi connectivity index (χ2v) is 3.77. The lowest BCUT2D eigenvalue weighted by Gasteiger charge is -2.16. The van der Waals surface area contributed by atoms with Crippen LogP contribution >= 0.6 is 0 Å². The minimum atomic E-state index is 0.247. The Hall–Kier alpha value is -0.810. The minimum Gasteiger partial charge on any atom is -0.409 e. The van der Waals surface area contributed by atoms with E-state index in [0.717, 1.165) is 13.0 Å². The first kappa shape index (κ1) is 14.2. The highest BCUT2D eigenvalue weighted by molar-refractivity contribution is 5.80. The fourth-order valence-electron chi connectivity index (χ4n) is 1.21. The summed E-state index contributed by atoms with van der Waals surface area (Å²) in [6, 6.07) is 0.247. The van der Waals surface area contributed by atoms with Gasteiger partial charge in [-0.15, -0.1) is 0 Å². The molecule has 0 saturated heterocycles. The van der Waals surface area contributed by atoms with Crippen LogP contribution in [0.1, 0.15) is 33.6 Å². The van der Waals surface area contributed by atoms with Gasteiger partial charge in [-0.05, 0) is 20.3 Å². The summed E-state index contributed by atoms with van der Waals surface area (Å²) >= 11 is 0. The molecule has 5 nitrogen and oxygen atoms in total. The molecule has 0 saturated carbocycles. The number of hydrogen-bond donors (Lipinski definition) is 3. The number of rotatable bonds is 8. The van der Waals surface area contributed by atoms with Crippen LogP contribution < -0.4 is 11.1 Å². The largest absolute Gasteiger partial charge is 0.409 e. The lowest BCUT2D eigenvalue weighted by Crippen LogP contribution is -2.35. The van der Waals surface area contributed by atoms with Crippen LogP contribution in [0.2, 0.25) is 0 Å². The Kier molecular flexibility index (Phi) is 8.04. The van der Waals surface area contributed by atoms with Gasteiger partial charge in [-0.1, -0.05) is 12.1 Å². The van der Waals surface area contributed by atoms with E-state index in [0.29, 0.717) is 13.0 Å². The zero-order valence-corrected chi connectivity index (χ0v) is 9.86. The third kappa shape index (κ3) is 8.20. The van der Waals surface area contributed by atoms with Crippen molar-refractivity contribution in [3.63, 3.8) is 0 Å². The van der Waals surface area contributed by atoms with E-state index < -0.39 is 0 Å². The molecule has 1 unspecified atom stereocenters. The standard InChI is InChI=1S/C10H23N3O2/c1-4-9(7-10(11)13-14)12-5-6-15-8(2)3/h8-9,12,14H,4-7H2,1-3H3,(H2,11,13). The van der Waals surface area contributed by atoms with Crippen LogP contribution in [0.5, 0.6) is 0 Å². The van der Waals surface area contributed by atoms with E-state index in [9.17, 15) is 0 Å². The van der Waals surface area contributed by atoms with Crippen LogP contribution in [0.25, 0.3) is 0 Å². The molecular formula is C10H23N3O2. The number of nitrogens with zero attached hydrogens (tertiary/aromatic N) is 1. The third-order valence-electron chi connectivity index (χ3n) is 2.06. The fourth-order valence-corrected chi connectivity index (χ4v) is 1.21. The van der Waals surface area contributed by atoms with Gasteiger partial charge in [0, 0.05) is 19.0 Å². The van der Waals surface area contributed by atoms with Crippen LogP contribution in [0.4, 0.5) is 0 Å². The molecule has 0 radical (unpaired) electrons. The van der Waals surface area contributed by atoms with E-state index in [1.54, 1.807) is 0 Å². The second kappa shape index (κ2) is 8.49. The van der Waals surface area contributed by atoms with Gasteiger partial charge in [-0.3, -0.25) is 0 Å². The molecule has 90 valence electrons. The van der Waals surface area contributed by atoms with E-state index in [4.69, 9.17) is 15.7 Å².